The standard InChI is InChI=1S/C30H36N6O3S/c1-20-12-17-24(39-20)28-32-34-35(33-28)19-26(37)36(23-15-13-22(14-16-23)21-9-6-5-7-10-21)27(25-11-8-18-40-25)29(38)31-30(2,3)4/h8,11-18,21,27H,5-7,9-10,19H2,1-4H3,(H,31,38). The Morgan fingerprint density at radius 2 is 1.85 bits per heavy atom. The molecule has 0 aliphatic heterocycles. The smallest absolute Gasteiger partial charge is 0.251 e. The molecule has 1 unspecified atom stereocenters. The van der Waals surface area contributed by atoms with Crippen LogP contribution in [0.4, 0.5) is 5.69 Å². The largest absolute Gasteiger partial charge is 0.458 e. The first-order valence-electron chi connectivity index (χ1n) is 13.8. The zero-order chi connectivity index (χ0) is 28.3. The van der Waals surface area contributed by atoms with Crippen molar-refractivity contribution in [2.24, 2.45) is 0 Å². The fourth-order valence-electron chi connectivity index (χ4n) is 5.20. The van der Waals surface area contributed by atoms with Gasteiger partial charge in [0.25, 0.3) is 5.91 Å². The molecule has 1 aliphatic carbocycles. The summed E-state index contributed by atoms with van der Waals surface area (Å²) in [5.41, 5.74) is 1.45. The van der Waals surface area contributed by atoms with Gasteiger partial charge in [-0.1, -0.05) is 37.5 Å². The number of furan rings is 1. The highest BCUT2D eigenvalue weighted by atomic mass is 32.1. The molecule has 1 aliphatic rings. The Kier molecular flexibility index (Phi) is 8.16. The maximum atomic E-state index is 14.1. The van der Waals surface area contributed by atoms with E-state index in [4.69, 9.17) is 4.42 Å². The van der Waals surface area contributed by atoms with E-state index in [1.807, 2.05) is 63.4 Å². The molecule has 1 aromatic carbocycles. The van der Waals surface area contributed by atoms with Crippen LogP contribution in [0, 0.1) is 6.92 Å². The Bertz CT molecular complexity index is 1430. The number of carbonyl (C=O) groups excluding carboxylic acids is 2. The molecule has 40 heavy (non-hydrogen) atoms. The first-order chi connectivity index (χ1) is 19.2. The van der Waals surface area contributed by atoms with E-state index in [1.165, 1.54) is 53.8 Å². The zero-order valence-electron chi connectivity index (χ0n) is 23.5. The Morgan fingerprint density at radius 3 is 2.48 bits per heavy atom. The summed E-state index contributed by atoms with van der Waals surface area (Å²) in [5.74, 6) is 1.46. The van der Waals surface area contributed by atoms with E-state index in [9.17, 15) is 9.59 Å². The van der Waals surface area contributed by atoms with Gasteiger partial charge in [0.15, 0.2) is 5.76 Å². The maximum absolute atomic E-state index is 14.1. The summed E-state index contributed by atoms with van der Waals surface area (Å²) in [7, 11) is 0. The van der Waals surface area contributed by atoms with Gasteiger partial charge in [-0.05, 0) is 92.9 Å². The number of rotatable bonds is 8. The number of hydrogen-bond donors (Lipinski definition) is 1. The van der Waals surface area contributed by atoms with Crippen LogP contribution in [-0.2, 0) is 16.1 Å². The van der Waals surface area contributed by atoms with E-state index in [-0.39, 0.29) is 18.4 Å². The van der Waals surface area contributed by atoms with Crippen molar-refractivity contribution in [3.8, 4) is 11.6 Å². The van der Waals surface area contributed by atoms with Gasteiger partial charge in [0, 0.05) is 16.1 Å². The molecular weight excluding hydrogens is 524 g/mol. The van der Waals surface area contributed by atoms with Crippen molar-refractivity contribution in [3.05, 3.63) is 70.1 Å². The molecule has 9 nitrogen and oxygen atoms in total. The van der Waals surface area contributed by atoms with Crippen LogP contribution in [0.15, 0.2) is 58.3 Å². The average molecular weight is 561 g/mol. The minimum Gasteiger partial charge on any atom is -0.458 e. The number of carbonyl (C=O) groups is 2. The Morgan fingerprint density at radius 1 is 1.10 bits per heavy atom. The summed E-state index contributed by atoms with van der Waals surface area (Å²) < 4.78 is 5.61. The van der Waals surface area contributed by atoms with Crippen molar-refractivity contribution in [1.29, 1.82) is 0 Å². The predicted octanol–water partition coefficient (Wildman–Crippen LogP) is 6.04. The van der Waals surface area contributed by atoms with Crippen LogP contribution in [0.5, 0.6) is 0 Å². The molecule has 0 bridgehead atoms. The highest BCUT2D eigenvalue weighted by Gasteiger charge is 2.35. The molecule has 10 heteroatoms. The van der Waals surface area contributed by atoms with Crippen molar-refractivity contribution >= 4 is 28.8 Å². The van der Waals surface area contributed by atoms with Gasteiger partial charge in [-0.2, -0.15) is 4.80 Å². The molecule has 4 aromatic rings. The van der Waals surface area contributed by atoms with Crippen molar-refractivity contribution in [2.45, 2.75) is 83.8 Å². The van der Waals surface area contributed by atoms with E-state index >= 15 is 0 Å². The number of nitrogens with zero attached hydrogens (tertiary/aromatic N) is 5. The molecule has 3 aromatic heterocycles. The highest BCUT2D eigenvalue weighted by Crippen LogP contribution is 2.36. The molecule has 3 heterocycles. The number of anilines is 1. The van der Waals surface area contributed by atoms with Crippen molar-refractivity contribution in [3.63, 3.8) is 0 Å². The van der Waals surface area contributed by atoms with Gasteiger partial charge in [0.2, 0.25) is 11.7 Å². The normalized spacial score (nSPS) is 15.1. The summed E-state index contributed by atoms with van der Waals surface area (Å²) in [6.07, 6.45) is 6.15. The van der Waals surface area contributed by atoms with Crippen LogP contribution in [0.25, 0.3) is 11.6 Å². The molecule has 0 spiro atoms. The Labute approximate surface area is 238 Å². The van der Waals surface area contributed by atoms with Crippen molar-refractivity contribution < 1.29 is 14.0 Å². The number of aryl methyl sites for hydroxylation is 1. The number of nitrogens with one attached hydrogen (secondary N) is 1. The number of thiophene rings is 1. The van der Waals surface area contributed by atoms with Crippen LogP contribution in [0.1, 0.15) is 81.0 Å². The van der Waals surface area contributed by atoms with Gasteiger partial charge >= 0.3 is 0 Å². The van der Waals surface area contributed by atoms with Gasteiger partial charge in [0.05, 0.1) is 0 Å². The third-order valence-corrected chi connectivity index (χ3v) is 7.95. The lowest BCUT2D eigenvalue weighted by Crippen LogP contribution is -2.50. The third-order valence-electron chi connectivity index (χ3n) is 7.02. The Hall–Kier alpha value is -3.79. The van der Waals surface area contributed by atoms with Crippen LogP contribution < -0.4 is 10.2 Å². The summed E-state index contributed by atoms with van der Waals surface area (Å²) >= 11 is 1.44. The van der Waals surface area contributed by atoms with Gasteiger partial charge in [-0.3, -0.25) is 14.5 Å². The molecule has 1 N–H and O–H groups in total. The van der Waals surface area contributed by atoms with Gasteiger partial charge in [-0.25, -0.2) is 0 Å². The SMILES string of the molecule is Cc1ccc(-c2nnn(CC(=O)N(c3ccc(C4CCCCC4)cc3)C(C(=O)NC(C)(C)C)c3cccs3)n2)o1. The Balaban J connectivity index is 1.49. The number of benzene rings is 1. The molecule has 5 rings (SSSR count). The van der Waals surface area contributed by atoms with E-state index in [0.29, 0.717) is 23.2 Å². The third kappa shape index (κ3) is 6.50. The average Bonchev–Trinajstić information content (AvgIpc) is 3.69. The molecule has 0 radical (unpaired) electrons. The summed E-state index contributed by atoms with van der Waals surface area (Å²) in [6, 6.07) is 14.6. The molecule has 2 amide bonds. The second-order valence-corrected chi connectivity index (χ2v) is 12.4. The van der Waals surface area contributed by atoms with Crippen molar-refractivity contribution in [2.75, 3.05) is 4.90 Å². The van der Waals surface area contributed by atoms with E-state index in [1.54, 1.807) is 11.0 Å². The maximum Gasteiger partial charge on any atom is 0.251 e. The van der Waals surface area contributed by atoms with E-state index < -0.39 is 11.6 Å². The number of tetrazole rings is 1. The highest BCUT2D eigenvalue weighted by molar-refractivity contribution is 7.10. The molecule has 0 saturated heterocycles. The molecule has 1 atom stereocenters. The predicted molar refractivity (Wildman–Crippen MR) is 155 cm³/mol. The summed E-state index contributed by atoms with van der Waals surface area (Å²) in [4.78, 5) is 31.4. The van der Waals surface area contributed by atoms with Gasteiger partial charge in [0.1, 0.15) is 18.3 Å². The lowest BCUT2D eigenvalue weighted by atomic mass is 9.84. The molecule has 1 saturated carbocycles. The second kappa shape index (κ2) is 11.8. The minimum atomic E-state index is -0.858. The monoisotopic (exact) mass is 560 g/mol. The van der Waals surface area contributed by atoms with E-state index in [2.05, 4.69) is 32.9 Å². The fourth-order valence-corrected chi connectivity index (χ4v) is 6.01. The molecule has 1 fully saturated rings. The topological polar surface area (TPSA) is 106 Å². The van der Waals surface area contributed by atoms with Crippen LogP contribution >= 0.6 is 11.3 Å². The zero-order valence-corrected chi connectivity index (χ0v) is 24.3. The first kappa shape index (κ1) is 27.8. The van der Waals surface area contributed by atoms with Crippen molar-refractivity contribution in [1.82, 2.24) is 25.5 Å². The van der Waals surface area contributed by atoms with Gasteiger partial charge < -0.3 is 9.73 Å². The fraction of sp³-hybridized carbons (Fsp3) is 0.433. The van der Waals surface area contributed by atoms with Crippen LogP contribution in [-0.4, -0.2) is 37.6 Å². The van der Waals surface area contributed by atoms with Crippen LogP contribution in [0.3, 0.4) is 0 Å². The minimum absolute atomic E-state index is 0.193. The van der Waals surface area contributed by atoms with Gasteiger partial charge in [-0.15, -0.1) is 21.5 Å². The lowest BCUT2D eigenvalue weighted by Gasteiger charge is -2.33. The van der Waals surface area contributed by atoms with E-state index in [0.717, 1.165) is 10.6 Å². The molecule has 210 valence electrons. The molecular formula is C30H36N6O3S. The number of amides is 2. The second-order valence-electron chi connectivity index (χ2n) is 11.4. The number of hydrogen-bond acceptors (Lipinski definition) is 7. The number of aromatic nitrogens is 4. The first-order valence-corrected chi connectivity index (χ1v) is 14.7. The quantitative estimate of drug-likeness (QED) is 0.282. The lowest BCUT2D eigenvalue weighted by molar-refractivity contribution is -0.128. The summed E-state index contributed by atoms with van der Waals surface area (Å²) in [5, 5.41) is 17.5. The summed E-state index contributed by atoms with van der Waals surface area (Å²) in [6.45, 7) is 7.43. The van der Waals surface area contributed by atoms with Crippen LogP contribution in [0.2, 0.25) is 0 Å².